The Kier molecular flexibility index (Phi) is 4.17. The number of rotatable bonds is 3. The molecule has 2 rings (SSSR count). The van der Waals surface area contributed by atoms with Crippen LogP contribution in [0, 0.1) is 6.92 Å². The molecule has 2 N–H and O–H groups in total. The highest BCUT2D eigenvalue weighted by Gasteiger charge is 2.25. The fourth-order valence-electron chi connectivity index (χ4n) is 2.42. The Bertz CT molecular complexity index is 447. The molecule has 2 atom stereocenters. The van der Waals surface area contributed by atoms with Crippen LogP contribution in [0.25, 0.3) is 0 Å². The number of carbonyl (C=O) groups excluding carboxylic acids is 1. The molecule has 2 unspecified atom stereocenters. The standard InChI is InChI=1S/C14H19NO2S/c1-9-12(4-3-5-13(9)16)14(17)15-10-6-7-11(8-10)18-2/h3-5,10-11,16H,6-8H2,1-2H3,(H,15,17). The molecule has 0 spiro atoms. The summed E-state index contributed by atoms with van der Waals surface area (Å²) in [6.45, 7) is 1.77. The highest BCUT2D eigenvalue weighted by atomic mass is 32.2. The molecule has 98 valence electrons. The Labute approximate surface area is 112 Å². The van der Waals surface area contributed by atoms with Crippen LogP contribution in [0.5, 0.6) is 5.75 Å². The lowest BCUT2D eigenvalue weighted by Crippen LogP contribution is -2.33. The van der Waals surface area contributed by atoms with Gasteiger partial charge >= 0.3 is 0 Å². The van der Waals surface area contributed by atoms with Gasteiger partial charge in [-0.25, -0.2) is 0 Å². The van der Waals surface area contributed by atoms with Gasteiger partial charge in [-0.15, -0.1) is 0 Å². The molecule has 1 aliphatic carbocycles. The molecule has 0 aliphatic heterocycles. The highest BCUT2D eigenvalue weighted by molar-refractivity contribution is 7.99. The molecule has 1 saturated carbocycles. The van der Waals surface area contributed by atoms with Crippen LogP contribution < -0.4 is 5.32 Å². The molecule has 1 aromatic carbocycles. The quantitative estimate of drug-likeness (QED) is 0.883. The fourth-order valence-corrected chi connectivity index (χ4v) is 3.21. The van der Waals surface area contributed by atoms with E-state index in [0.717, 1.165) is 12.8 Å². The minimum Gasteiger partial charge on any atom is -0.508 e. The first-order chi connectivity index (χ1) is 8.61. The van der Waals surface area contributed by atoms with Crippen molar-refractivity contribution in [3.05, 3.63) is 29.3 Å². The van der Waals surface area contributed by atoms with Gasteiger partial charge < -0.3 is 10.4 Å². The summed E-state index contributed by atoms with van der Waals surface area (Å²) < 4.78 is 0. The van der Waals surface area contributed by atoms with Crippen molar-refractivity contribution in [1.29, 1.82) is 0 Å². The minimum absolute atomic E-state index is 0.0739. The number of phenols is 1. The van der Waals surface area contributed by atoms with Crippen LogP contribution in [0.2, 0.25) is 0 Å². The number of thioether (sulfide) groups is 1. The van der Waals surface area contributed by atoms with Crippen LogP contribution in [0.4, 0.5) is 0 Å². The number of phenolic OH excluding ortho intramolecular Hbond substituents is 1. The van der Waals surface area contributed by atoms with Gasteiger partial charge in [0.05, 0.1) is 0 Å². The number of aromatic hydroxyl groups is 1. The summed E-state index contributed by atoms with van der Waals surface area (Å²) in [5.74, 6) is 0.103. The van der Waals surface area contributed by atoms with Gasteiger partial charge in [-0.2, -0.15) is 11.8 Å². The van der Waals surface area contributed by atoms with E-state index in [1.165, 1.54) is 6.42 Å². The third-order valence-corrected chi connectivity index (χ3v) is 4.70. The molecule has 3 nitrogen and oxygen atoms in total. The largest absolute Gasteiger partial charge is 0.508 e. The maximum atomic E-state index is 12.1. The molecule has 1 amide bonds. The monoisotopic (exact) mass is 265 g/mol. The van der Waals surface area contributed by atoms with Gasteiger partial charge in [-0.05, 0) is 44.6 Å². The van der Waals surface area contributed by atoms with Crippen LogP contribution in [0.15, 0.2) is 18.2 Å². The first-order valence-corrected chi connectivity index (χ1v) is 7.53. The van der Waals surface area contributed by atoms with Crippen molar-refractivity contribution < 1.29 is 9.90 Å². The molecule has 4 heteroatoms. The Hall–Kier alpha value is -1.16. The lowest BCUT2D eigenvalue weighted by atomic mass is 10.1. The third-order valence-electron chi connectivity index (χ3n) is 3.60. The van der Waals surface area contributed by atoms with Crippen LogP contribution in [-0.4, -0.2) is 28.6 Å². The predicted octanol–water partition coefficient (Wildman–Crippen LogP) is 2.71. The topological polar surface area (TPSA) is 49.3 Å². The number of amides is 1. The molecule has 1 aromatic rings. The van der Waals surface area contributed by atoms with Gasteiger partial charge in [0.25, 0.3) is 5.91 Å². The van der Waals surface area contributed by atoms with Crippen LogP contribution in [0.3, 0.4) is 0 Å². The van der Waals surface area contributed by atoms with Crippen molar-refractivity contribution in [3.8, 4) is 5.75 Å². The molecule has 1 fully saturated rings. The Morgan fingerprint density at radius 3 is 2.89 bits per heavy atom. The number of carbonyl (C=O) groups is 1. The molecule has 18 heavy (non-hydrogen) atoms. The molecule has 0 bridgehead atoms. The van der Waals surface area contributed by atoms with Crippen molar-refractivity contribution in [3.63, 3.8) is 0 Å². The molecule has 0 aromatic heterocycles. The van der Waals surface area contributed by atoms with Crippen LogP contribution in [-0.2, 0) is 0 Å². The Balaban J connectivity index is 2.02. The van der Waals surface area contributed by atoms with E-state index in [1.54, 1.807) is 25.1 Å². The third kappa shape index (κ3) is 2.80. The summed E-state index contributed by atoms with van der Waals surface area (Å²) in [6, 6.07) is 5.34. The summed E-state index contributed by atoms with van der Waals surface area (Å²) in [4.78, 5) is 12.1. The molecule has 1 aliphatic rings. The van der Waals surface area contributed by atoms with Crippen molar-refractivity contribution >= 4 is 17.7 Å². The second-order valence-electron chi connectivity index (χ2n) is 4.79. The second-order valence-corrected chi connectivity index (χ2v) is 5.93. The van der Waals surface area contributed by atoms with E-state index < -0.39 is 0 Å². The fraction of sp³-hybridized carbons (Fsp3) is 0.500. The molecular formula is C14H19NO2S. The van der Waals surface area contributed by atoms with Crippen LogP contribution >= 0.6 is 11.8 Å². The van der Waals surface area contributed by atoms with Gasteiger partial charge in [0.2, 0.25) is 0 Å². The Morgan fingerprint density at radius 2 is 2.22 bits per heavy atom. The smallest absolute Gasteiger partial charge is 0.251 e. The maximum absolute atomic E-state index is 12.1. The van der Waals surface area contributed by atoms with Crippen LogP contribution in [0.1, 0.15) is 35.2 Å². The van der Waals surface area contributed by atoms with Gasteiger partial charge in [0, 0.05) is 22.4 Å². The van der Waals surface area contributed by atoms with E-state index in [4.69, 9.17) is 0 Å². The molecule has 0 saturated heterocycles. The van der Waals surface area contributed by atoms with E-state index in [1.807, 2.05) is 11.8 Å². The lowest BCUT2D eigenvalue weighted by Gasteiger charge is -2.14. The lowest BCUT2D eigenvalue weighted by molar-refractivity contribution is 0.0937. The van der Waals surface area contributed by atoms with E-state index in [2.05, 4.69) is 11.6 Å². The summed E-state index contributed by atoms with van der Waals surface area (Å²) in [5, 5.41) is 13.3. The molecular weight excluding hydrogens is 246 g/mol. The average Bonchev–Trinajstić information content (AvgIpc) is 2.80. The first kappa shape index (κ1) is 13.3. The zero-order valence-corrected chi connectivity index (χ0v) is 11.6. The zero-order valence-electron chi connectivity index (χ0n) is 10.8. The zero-order chi connectivity index (χ0) is 13.1. The number of hydrogen-bond donors (Lipinski definition) is 2. The molecule has 0 radical (unpaired) electrons. The summed E-state index contributed by atoms with van der Waals surface area (Å²) in [6.07, 6.45) is 5.39. The van der Waals surface area contributed by atoms with Gasteiger partial charge in [0.15, 0.2) is 0 Å². The normalized spacial score (nSPS) is 23.0. The van der Waals surface area contributed by atoms with Gasteiger partial charge in [0.1, 0.15) is 5.75 Å². The predicted molar refractivity (Wildman–Crippen MR) is 75.3 cm³/mol. The Morgan fingerprint density at radius 1 is 1.44 bits per heavy atom. The average molecular weight is 265 g/mol. The molecule has 0 heterocycles. The minimum atomic E-state index is -0.0739. The second kappa shape index (κ2) is 5.65. The maximum Gasteiger partial charge on any atom is 0.251 e. The summed E-state index contributed by atoms with van der Waals surface area (Å²) >= 11 is 1.87. The summed E-state index contributed by atoms with van der Waals surface area (Å²) in [7, 11) is 0. The van der Waals surface area contributed by atoms with Gasteiger partial charge in [-0.1, -0.05) is 6.07 Å². The van der Waals surface area contributed by atoms with Crippen molar-refractivity contribution in [2.75, 3.05) is 6.26 Å². The number of benzene rings is 1. The van der Waals surface area contributed by atoms with Crippen molar-refractivity contribution in [2.24, 2.45) is 0 Å². The number of hydrogen-bond acceptors (Lipinski definition) is 3. The first-order valence-electron chi connectivity index (χ1n) is 6.24. The SMILES string of the molecule is CSC1CCC(NC(=O)c2cccc(O)c2C)C1. The van der Waals surface area contributed by atoms with E-state index in [9.17, 15) is 9.90 Å². The number of nitrogens with one attached hydrogen (secondary N) is 1. The summed E-state index contributed by atoms with van der Waals surface area (Å²) in [5.41, 5.74) is 1.22. The highest BCUT2D eigenvalue weighted by Crippen LogP contribution is 2.28. The van der Waals surface area contributed by atoms with Gasteiger partial charge in [-0.3, -0.25) is 4.79 Å². The van der Waals surface area contributed by atoms with E-state index in [-0.39, 0.29) is 17.7 Å². The van der Waals surface area contributed by atoms with Crippen molar-refractivity contribution in [1.82, 2.24) is 5.32 Å². The van der Waals surface area contributed by atoms with Crippen molar-refractivity contribution in [2.45, 2.75) is 37.5 Å². The van der Waals surface area contributed by atoms with E-state index >= 15 is 0 Å². The van der Waals surface area contributed by atoms with E-state index in [0.29, 0.717) is 16.4 Å².